The highest BCUT2D eigenvalue weighted by Gasteiger charge is 2.19. The summed E-state index contributed by atoms with van der Waals surface area (Å²) in [6.45, 7) is 5.28. The van der Waals surface area contributed by atoms with E-state index in [0.717, 1.165) is 42.0 Å². The molecule has 1 unspecified atom stereocenters. The van der Waals surface area contributed by atoms with Gasteiger partial charge in [0.15, 0.2) is 0 Å². The van der Waals surface area contributed by atoms with Crippen LogP contribution in [-0.2, 0) is 11.3 Å². The van der Waals surface area contributed by atoms with Crippen LogP contribution in [0.2, 0.25) is 0 Å². The molecule has 5 nitrogen and oxygen atoms in total. The van der Waals surface area contributed by atoms with Gasteiger partial charge in [0.25, 0.3) is 0 Å². The summed E-state index contributed by atoms with van der Waals surface area (Å²) in [4.78, 5) is 12.1. The third-order valence-corrected chi connectivity index (χ3v) is 4.41. The molecule has 0 aromatic carbocycles. The zero-order chi connectivity index (χ0) is 16.2. The molecule has 122 valence electrons. The van der Waals surface area contributed by atoms with Gasteiger partial charge in [0, 0.05) is 18.2 Å². The molecule has 1 atom stereocenters. The Labute approximate surface area is 136 Å². The van der Waals surface area contributed by atoms with E-state index in [1.807, 2.05) is 30.7 Å². The Morgan fingerprint density at radius 2 is 2.30 bits per heavy atom. The normalized spacial score (nSPS) is 17.4. The molecule has 3 rings (SSSR count). The molecule has 0 radical (unpaired) electrons. The first-order chi connectivity index (χ1) is 11.2. The van der Waals surface area contributed by atoms with E-state index in [-0.39, 0.29) is 11.8 Å². The topological polar surface area (TPSA) is 60.1 Å². The zero-order valence-electron chi connectivity index (χ0n) is 13.7. The van der Waals surface area contributed by atoms with E-state index in [9.17, 15) is 4.79 Å². The number of furan rings is 1. The molecule has 23 heavy (non-hydrogen) atoms. The minimum atomic E-state index is 0.124. The molecule has 1 amide bonds. The molecule has 2 heterocycles. The Bertz CT molecular complexity index is 698. The van der Waals surface area contributed by atoms with E-state index < -0.39 is 0 Å². The summed E-state index contributed by atoms with van der Waals surface area (Å²) < 4.78 is 7.43. The fraction of sp³-hybridized carbons (Fsp3) is 0.444. The molecular weight excluding hydrogens is 290 g/mol. The molecule has 2 aromatic heterocycles. The number of amides is 1. The summed E-state index contributed by atoms with van der Waals surface area (Å²) >= 11 is 0. The van der Waals surface area contributed by atoms with Gasteiger partial charge in [-0.3, -0.25) is 9.48 Å². The van der Waals surface area contributed by atoms with E-state index in [1.54, 1.807) is 6.26 Å². The van der Waals surface area contributed by atoms with Crippen LogP contribution in [0.1, 0.15) is 30.7 Å². The van der Waals surface area contributed by atoms with Crippen molar-refractivity contribution in [1.29, 1.82) is 0 Å². The Balaban J connectivity index is 1.60. The monoisotopic (exact) mass is 313 g/mol. The zero-order valence-corrected chi connectivity index (χ0v) is 13.7. The summed E-state index contributed by atoms with van der Waals surface area (Å²) in [7, 11) is 0. The molecule has 0 spiro atoms. The van der Waals surface area contributed by atoms with Crippen molar-refractivity contribution in [2.45, 2.75) is 39.7 Å². The maximum absolute atomic E-state index is 12.1. The van der Waals surface area contributed by atoms with Gasteiger partial charge in [0.05, 0.1) is 24.1 Å². The third kappa shape index (κ3) is 3.38. The average Bonchev–Trinajstić information content (AvgIpc) is 3.17. The fourth-order valence-electron chi connectivity index (χ4n) is 3.15. The second kappa shape index (κ2) is 6.86. The highest BCUT2D eigenvalue weighted by molar-refractivity contribution is 5.78. The van der Waals surface area contributed by atoms with Crippen LogP contribution in [0.5, 0.6) is 0 Å². The SMILES string of the molecule is Cc1nn(CCNC(=O)C2CC=CCC2)c(C)c1-c1ccco1. The van der Waals surface area contributed by atoms with Crippen molar-refractivity contribution in [1.82, 2.24) is 15.1 Å². The second-order valence-corrected chi connectivity index (χ2v) is 6.02. The second-order valence-electron chi connectivity index (χ2n) is 6.02. The van der Waals surface area contributed by atoms with Crippen LogP contribution in [-0.4, -0.2) is 22.2 Å². The molecule has 1 aliphatic rings. The molecule has 0 saturated heterocycles. The van der Waals surface area contributed by atoms with Gasteiger partial charge < -0.3 is 9.73 Å². The summed E-state index contributed by atoms with van der Waals surface area (Å²) in [6, 6.07) is 3.82. The van der Waals surface area contributed by atoms with Crippen molar-refractivity contribution in [3.63, 3.8) is 0 Å². The quantitative estimate of drug-likeness (QED) is 0.862. The lowest BCUT2D eigenvalue weighted by atomic mass is 9.94. The van der Waals surface area contributed by atoms with Crippen molar-refractivity contribution >= 4 is 5.91 Å². The van der Waals surface area contributed by atoms with E-state index in [0.29, 0.717) is 13.1 Å². The van der Waals surface area contributed by atoms with E-state index in [2.05, 4.69) is 22.6 Å². The number of carbonyl (C=O) groups excluding carboxylic acids is 1. The molecule has 0 saturated carbocycles. The van der Waals surface area contributed by atoms with Gasteiger partial charge in [0.2, 0.25) is 5.91 Å². The first kappa shape index (κ1) is 15.6. The average molecular weight is 313 g/mol. The maximum Gasteiger partial charge on any atom is 0.223 e. The van der Waals surface area contributed by atoms with Crippen LogP contribution in [0.3, 0.4) is 0 Å². The first-order valence-corrected chi connectivity index (χ1v) is 8.17. The molecule has 5 heteroatoms. The standard InChI is InChI=1S/C18H23N3O2/c1-13-17(16-9-6-12-23-16)14(2)21(20-13)11-10-19-18(22)15-7-4-3-5-8-15/h3-4,6,9,12,15H,5,7-8,10-11H2,1-2H3,(H,19,22). The Hall–Kier alpha value is -2.30. The molecule has 0 aliphatic heterocycles. The number of hydrogen-bond donors (Lipinski definition) is 1. The number of hydrogen-bond acceptors (Lipinski definition) is 3. The highest BCUT2D eigenvalue weighted by atomic mass is 16.3. The van der Waals surface area contributed by atoms with Crippen molar-refractivity contribution in [3.8, 4) is 11.3 Å². The number of allylic oxidation sites excluding steroid dienone is 2. The van der Waals surface area contributed by atoms with Gasteiger partial charge in [-0.2, -0.15) is 5.10 Å². The third-order valence-electron chi connectivity index (χ3n) is 4.41. The number of aryl methyl sites for hydroxylation is 1. The molecule has 0 fully saturated rings. The lowest BCUT2D eigenvalue weighted by Crippen LogP contribution is -2.33. The largest absolute Gasteiger partial charge is 0.464 e. The van der Waals surface area contributed by atoms with Crippen LogP contribution in [0.25, 0.3) is 11.3 Å². The number of nitrogens with one attached hydrogen (secondary N) is 1. The lowest BCUT2D eigenvalue weighted by molar-refractivity contribution is -0.125. The van der Waals surface area contributed by atoms with Crippen molar-refractivity contribution < 1.29 is 9.21 Å². The predicted octanol–water partition coefficient (Wildman–Crippen LogP) is 3.23. The Morgan fingerprint density at radius 1 is 1.43 bits per heavy atom. The number of nitrogens with zero attached hydrogens (tertiary/aromatic N) is 2. The molecular formula is C18H23N3O2. The molecule has 0 bridgehead atoms. The van der Waals surface area contributed by atoms with Crippen molar-refractivity contribution in [3.05, 3.63) is 41.9 Å². The summed E-state index contributed by atoms with van der Waals surface area (Å²) in [5.41, 5.74) is 3.05. The van der Waals surface area contributed by atoms with Gasteiger partial charge in [-0.15, -0.1) is 0 Å². The fourth-order valence-corrected chi connectivity index (χ4v) is 3.15. The Kier molecular flexibility index (Phi) is 4.65. The number of aromatic nitrogens is 2. The van der Waals surface area contributed by atoms with E-state index in [4.69, 9.17) is 4.42 Å². The van der Waals surface area contributed by atoms with Crippen LogP contribution in [0, 0.1) is 19.8 Å². The van der Waals surface area contributed by atoms with Gasteiger partial charge in [-0.1, -0.05) is 12.2 Å². The minimum Gasteiger partial charge on any atom is -0.464 e. The summed E-state index contributed by atoms with van der Waals surface area (Å²) in [5.74, 6) is 1.12. The van der Waals surface area contributed by atoms with Gasteiger partial charge in [-0.05, 0) is 45.2 Å². The van der Waals surface area contributed by atoms with Crippen LogP contribution in [0.4, 0.5) is 0 Å². The Morgan fingerprint density at radius 3 is 3.00 bits per heavy atom. The van der Waals surface area contributed by atoms with Crippen LogP contribution in [0.15, 0.2) is 35.0 Å². The summed E-state index contributed by atoms with van der Waals surface area (Å²) in [5, 5.41) is 7.60. The van der Waals surface area contributed by atoms with Crippen LogP contribution >= 0.6 is 0 Å². The van der Waals surface area contributed by atoms with Crippen molar-refractivity contribution in [2.24, 2.45) is 5.92 Å². The maximum atomic E-state index is 12.1. The highest BCUT2D eigenvalue weighted by Crippen LogP contribution is 2.27. The number of carbonyl (C=O) groups is 1. The molecule has 2 aromatic rings. The van der Waals surface area contributed by atoms with Gasteiger partial charge in [0.1, 0.15) is 5.76 Å². The van der Waals surface area contributed by atoms with Crippen molar-refractivity contribution in [2.75, 3.05) is 6.54 Å². The summed E-state index contributed by atoms with van der Waals surface area (Å²) in [6.07, 6.45) is 8.73. The molecule has 1 N–H and O–H groups in total. The number of rotatable bonds is 5. The lowest BCUT2D eigenvalue weighted by Gasteiger charge is -2.17. The van der Waals surface area contributed by atoms with Crippen LogP contribution < -0.4 is 5.32 Å². The first-order valence-electron chi connectivity index (χ1n) is 8.17. The van der Waals surface area contributed by atoms with E-state index in [1.165, 1.54) is 0 Å². The smallest absolute Gasteiger partial charge is 0.223 e. The van der Waals surface area contributed by atoms with E-state index >= 15 is 0 Å². The van der Waals surface area contributed by atoms with Gasteiger partial charge >= 0.3 is 0 Å². The minimum absolute atomic E-state index is 0.124. The molecule has 1 aliphatic carbocycles. The van der Waals surface area contributed by atoms with Gasteiger partial charge in [-0.25, -0.2) is 0 Å². The predicted molar refractivity (Wildman–Crippen MR) is 88.9 cm³/mol.